The Bertz CT molecular complexity index is 1800. The van der Waals surface area contributed by atoms with Gasteiger partial charge in [-0.15, -0.1) is 0 Å². The topological polar surface area (TPSA) is 180 Å². The van der Waals surface area contributed by atoms with Crippen molar-refractivity contribution in [3.05, 3.63) is 0 Å². The molecule has 58 heavy (non-hydrogen) atoms. The van der Waals surface area contributed by atoms with Crippen molar-refractivity contribution in [2.24, 2.45) is 98.6 Å². The van der Waals surface area contributed by atoms with Gasteiger partial charge in [0, 0.05) is 67.6 Å². The van der Waals surface area contributed by atoms with Crippen LogP contribution in [0.4, 0.5) is 0 Å². The Kier molecular flexibility index (Phi) is 10.2. The molecule has 10 nitrogen and oxygen atoms in total. The molecular weight excluding hydrogens is 737 g/mol. The predicted octanol–water partition coefficient (Wildman–Crippen LogP) is 7.55. The van der Waals surface area contributed by atoms with Gasteiger partial charge < -0.3 is 15.3 Å². The smallest absolute Gasteiger partial charge is 0.303 e. The number of rotatable bonds is 9. The fourth-order valence-corrected chi connectivity index (χ4v) is 17.2. The van der Waals surface area contributed by atoms with Crippen LogP contribution in [0, 0.1) is 98.6 Å². The molecule has 320 valence electrons. The highest BCUT2D eigenvalue weighted by Crippen LogP contribution is 2.71. The van der Waals surface area contributed by atoms with Gasteiger partial charge in [-0.05, 0) is 134 Å². The summed E-state index contributed by atoms with van der Waals surface area (Å²) in [7, 11) is 0. The first-order chi connectivity index (χ1) is 27.1. The van der Waals surface area contributed by atoms with Gasteiger partial charge in [0.1, 0.15) is 28.9 Å². The molecule has 0 bridgehead atoms. The van der Waals surface area contributed by atoms with Crippen molar-refractivity contribution < 1.29 is 48.9 Å². The standard InChI is InChI=1S/C48H68O10/c1-24(7-13-39(54)55)27-9-11-29-41-31(21-37(52)46(27,29)5)44(3)17-18-48(58,23-26(44)19-35(41)50)43-33-20-36(51)42-30-12-10-28(25(2)8-14-40(56)57)47(30,6)38(53)22-32(42)45(33,4)16-15-34(43)49/h24-33,41-43,58H,7-23H2,1-6H3,(H,54,55)(H,56,57). The van der Waals surface area contributed by atoms with E-state index in [-0.39, 0.29) is 138 Å². The summed E-state index contributed by atoms with van der Waals surface area (Å²) in [4.78, 5) is 95.1. The number of carbonyl (C=O) groups is 7. The Morgan fingerprint density at radius 3 is 1.59 bits per heavy atom. The predicted molar refractivity (Wildman–Crippen MR) is 213 cm³/mol. The lowest BCUT2D eigenvalue weighted by atomic mass is 9.39. The largest absolute Gasteiger partial charge is 0.481 e. The monoisotopic (exact) mass is 804 g/mol. The van der Waals surface area contributed by atoms with Crippen molar-refractivity contribution in [3.63, 3.8) is 0 Å². The van der Waals surface area contributed by atoms with Crippen LogP contribution >= 0.6 is 0 Å². The van der Waals surface area contributed by atoms with Crippen LogP contribution in [0.25, 0.3) is 0 Å². The molecule has 0 heterocycles. The maximum atomic E-state index is 14.6. The first-order valence-electron chi connectivity index (χ1n) is 22.9. The SMILES string of the molecule is CC(CCC(=O)O)C1CCC2C3C(=O)CC4CC(O)(C5C(=O)CCC6(C)C7CC(=O)C8(C)C(C(C)CCC(=O)O)CCC8C7C(=O)CC56)CCC4(C)C3CC(=O)C12C. The summed E-state index contributed by atoms with van der Waals surface area (Å²) in [6.45, 7) is 12.6. The van der Waals surface area contributed by atoms with Gasteiger partial charge in [0.15, 0.2) is 0 Å². The minimum atomic E-state index is -1.40. The number of hydrogen-bond acceptors (Lipinski definition) is 8. The minimum Gasteiger partial charge on any atom is -0.481 e. The molecule has 0 spiro atoms. The molecule has 8 fully saturated rings. The summed E-state index contributed by atoms with van der Waals surface area (Å²) in [5, 5.41) is 31.7. The number of carboxylic acid groups (broad SMARTS) is 2. The van der Waals surface area contributed by atoms with Gasteiger partial charge in [0.2, 0.25) is 0 Å². The third-order valence-electron chi connectivity index (χ3n) is 20.4. The zero-order chi connectivity index (χ0) is 42.1. The maximum Gasteiger partial charge on any atom is 0.303 e. The third kappa shape index (κ3) is 5.88. The van der Waals surface area contributed by atoms with Crippen LogP contribution in [0.1, 0.15) is 151 Å². The highest BCUT2D eigenvalue weighted by atomic mass is 16.4. The molecule has 0 radical (unpaired) electrons. The molecule has 0 aromatic heterocycles. The maximum absolute atomic E-state index is 14.6. The van der Waals surface area contributed by atoms with Gasteiger partial charge in [-0.25, -0.2) is 0 Å². The lowest BCUT2D eigenvalue weighted by Crippen LogP contribution is -2.66. The summed E-state index contributed by atoms with van der Waals surface area (Å²) in [5.74, 6) is -3.36. The lowest BCUT2D eigenvalue weighted by Gasteiger charge is -2.64. The Labute approximate surface area is 343 Å². The second-order valence-corrected chi connectivity index (χ2v) is 22.4. The molecule has 3 N–H and O–H groups in total. The molecular formula is C48H68O10. The molecule has 8 aliphatic carbocycles. The van der Waals surface area contributed by atoms with Crippen LogP contribution in [0.2, 0.25) is 0 Å². The van der Waals surface area contributed by atoms with Gasteiger partial charge in [0.25, 0.3) is 0 Å². The molecule has 10 heteroatoms. The normalized spacial score (nSPS) is 49.5. The molecule has 0 saturated heterocycles. The van der Waals surface area contributed by atoms with Crippen molar-refractivity contribution >= 4 is 40.9 Å². The van der Waals surface area contributed by atoms with E-state index in [9.17, 15) is 48.9 Å². The number of fused-ring (bicyclic) bond motifs is 10. The second-order valence-electron chi connectivity index (χ2n) is 22.4. The zero-order valence-electron chi connectivity index (χ0n) is 35.7. The van der Waals surface area contributed by atoms with Crippen molar-refractivity contribution in [2.75, 3.05) is 0 Å². The van der Waals surface area contributed by atoms with Gasteiger partial charge >= 0.3 is 11.9 Å². The van der Waals surface area contributed by atoms with E-state index in [1.807, 2.05) is 13.8 Å². The van der Waals surface area contributed by atoms with Crippen LogP contribution in [0.3, 0.4) is 0 Å². The number of ketones is 5. The summed E-state index contributed by atoms with van der Waals surface area (Å²) < 4.78 is 0. The van der Waals surface area contributed by atoms with E-state index in [1.165, 1.54) is 0 Å². The molecule has 8 rings (SSSR count). The summed E-state index contributed by atoms with van der Waals surface area (Å²) in [5.41, 5.74) is -3.61. The Hall–Kier alpha value is -2.75. The summed E-state index contributed by atoms with van der Waals surface area (Å²) in [6.07, 6.45) is 7.45. The van der Waals surface area contributed by atoms with Crippen LogP contribution in [0.15, 0.2) is 0 Å². The van der Waals surface area contributed by atoms with Crippen molar-refractivity contribution in [1.29, 1.82) is 0 Å². The Morgan fingerprint density at radius 2 is 1.09 bits per heavy atom. The summed E-state index contributed by atoms with van der Waals surface area (Å²) >= 11 is 0. The third-order valence-corrected chi connectivity index (χ3v) is 20.4. The highest BCUT2D eigenvalue weighted by molar-refractivity contribution is 5.94. The quantitative estimate of drug-likeness (QED) is 0.211. The van der Waals surface area contributed by atoms with Gasteiger partial charge in [-0.1, -0.05) is 41.5 Å². The lowest BCUT2D eigenvalue weighted by molar-refractivity contribution is -0.200. The first kappa shape index (κ1) is 42.0. The number of carboxylic acids is 2. The average Bonchev–Trinajstić information content (AvgIpc) is 3.70. The number of aliphatic hydroxyl groups is 1. The van der Waals surface area contributed by atoms with Crippen LogP contribution in [0.5, 0.6) is 0 Å². The molecule has 18 atom stereocenters. The molecule has 8 saturated carbocycles. The van der Waals surface area contributed by atoms with Crippen molar-refractivity contribution in [1.82, 2.24) is 0 Å². The molecule has 0 amide bonds. The van der Waals surface area contributed by atoms with Gasteiger partial charge in [0.05, 0.1) is 11.5 Å². The van der Waals surface area contributed by atoms with E-state index < -0.39 is 45.6 Å². The van der Waals surface area contributed by atoms with E-state index in [0.717, 1.165) is 25.7 Å². The van der Waals surface area contributed by atoms with E-state index in [0.29, 0.717) is 44.9 Å². The zero-order valence-corrected chi connectivity index (χ0v) is 35.7. The molecule has 18 unspecified atom stereocenters. The van der Waals surface area contributed by atoms with Crippen molar-refractivity contribution in [2.45, 2.75) is 156 Å². The van der Waals surface area contributed by atoms with Crippen molar-refractivity contribution in [3.8, 4) is 0 Å². The van der Waals surface area contributed by atoms with E-state index in [2.05, 4.69) is 27.7 Å². The van der Waals surface area contributed by atoms with Crippen LogP contribution < -0.4 is 0 Å². The molecule has 0 aliphatic heterocycles. The van der Waals surface area contributed by atoms with Gasteiger partial charge in [-0.2, -0.15) is 0 Å². The summed E-state index contributed by atoms with van der Waals surface area (Å²) in [6, 6.07) is 0. The Balaban J connectivity index is 1.03. The van der Waals surface area contributed by atoms with Crippen LogP contribution in [-0.4, -0.2) is 61.8 Å². The molecule has 8 aliphatic rings. The molecule has 0 aromatic carbocycles. The second kappa shape index (κ2) is 14.2. The number of Topliss-reactive ketones (excluding diaryl/α,β-unsaturated/α-hetero) is 5. The fourth-order valence-electron chi connectivity index (χ4n) is 17.2. The fraction of sp³-hybridized carbons (Fsp3) is 0.854. The average molecular weight is 805 g/mol. The van der Waals surface area contributed by atoms with E-state index >= 15 is 0 Å². The van der Waals surface area contributed by atoms with E-state index in [1.54, 1.807) is 0 Å². The number of hydrogen-bond donors (Lipinski definition) is 3. The van der Waals surface area contributed by atoms with E-state index in [4.69, 9.17) is 0 Å². The molecule has 0 aromatic rings. The van der Waals surface area contributed by atoms with Crippen LogP contribution in [-0.2, 0) is 33.6 Å². The van der Waals surface area contributed by atoms with Gasteiger partial charge in [-0.3, -0.25) is 33.6 Å². The Morgan fingerprint density at radius 1 is 0.603 bits per heavy atom. The minimum absolute atomic E-state index is 0.0161. The highest BCUT2D eigenvalue weighted by Gasteiger charge is 2.71. The first-order valence-corrected chi connectivity index (χ1v) is 22.9. The number of aliphatic carboxylic acids is 2. The number of carbonyl (C=O) groups excluding carboxylic acids is 5.